The molecule has 0 saturated heterocycles. The summed E-state index contributed by atoms with van der Waals surface area (Å²) in [7, 11) is 0. The Morgan fingerprint density at radius 1 is 1.07 bits per heavy atom. The fourth-order valence-electron chi connectivity index (χ4n) is 0.143. The molecular weight excluding hydrogens is 203 g/mol. The van der Waals surface area contributed by atoms with Crippen LogP contribution in [0, 0.1) is 0 Å². The number of hydrogen-bond donors (Lipinski definition) is 2. The van der Waals surface area contributed by atoms with E-state index in [4.69, 9.17) is 20.1 Å². The molecule has 0 aromatic heterocycles. The van der Waals surface area contributed by atoms with Crippen LogP contribution in [-0.2, 0) is 14.4 Å². The molecule has 0 aliphatic heterocycles. The van der Waals surface area contributed by atoms with E-state index in [1.54, 1.807) is 0 Å². The number of aliphatic carboxylic acids is 3. The Balaban J connectivity index is -0.000000177. The van der Waals surface area contributed by atoms with Gasteiger partial charge >= 0.3 is 41.5 Å². The quantitative estimate of drug-likeness (QED) is 0.359. The first-order valence-electron chi connectivity index (χ1n) is 2.87. The third-order valence-electron chi connectivity index (χ3n) is 0.535. The molecule has 0 radical (unpaired) electrons. The zero-order chi connectivity index (χ0) is 10.9. The fraction of sp³-hybridized carbons (Fsp3) is 0. The summed E-state index contributed by atoms with van der Waals surface area (Å²) in [5.41, 5.74) is 0. The van der Waals surface area contributed by atoms with Gasteiger partial charge in [-0.1, -0.05) is 6.58 Å². The van der Waals surface area contributed by atoms with E-state index in [1.807, 2.05) is 0 Å². The second-order valence-corrected chi connectivity index (χ2v) is 1.53. The molecule has 0 aliphatic rings. The van der Waals surface area contributed by atoms with Crippen LogP contribution in [0.3, 0.4) is 0 Å². The average molecular weight is 210 g/mol. The van der Waals surface area contributed by atoms with Crippen LogP contribution in [0.2, 0.25) is 0 Å². The molecule has 0 aliphatic carbocycles. The van der Waals surface area contributed by atoms with Gasteiger partial charge in [0.2, 0.25) is 0 Å². The summed E-state index contributed by atoms with van der Waals surface area (Å²) in [5, 5.41) is 24.8. The predicted molar refractivity (Wildman–Crippen MR) is 39.6 cm³/mol. The summed E-state index contributed by atoms with van der Waals surface area (Å²) in [6.07, 6.45) is 1.84. The van der Waals surface area contributed by atoms with E-state index < -0.39 is 17.9 Å². The number of rotatable bonds is 3. The first-order valence-corrected chi connectivity index (χ1v) is 2.87. The van der Waals surface area contributed by atoms with E-state index in [-0.39, 0.29) is 29.6 Å². The topological polar surface area (TPSA) is 115 Å². The molecule has 0 unspecified atom stereocenters. The second-order valence-electron chi connectivity index (χ2n) is 1.53. The summed E-state index contributed by atoms with van der Waals surface area (Å²) in [4.78, 5) is 28.2. The van der Waals surface area contributed by atoms with Crippen LogP contribution in [0.15, 0.2) is 24.8 Å². The van der Waals surface area contributed by atoms with Gasteiger partial charge in [0.05, 0.1) is 5.97 Å². The first-order chi connectivity index (χ1) is 5.90. The van der Waals surface area contributed by atoms with Crippen molar-refractivity contribution in [2.75, 3.05) is 0 Å². The maximum absolute atomic E-state index is 9.55. The van der Waals surface area contributed by atoms with Crippen LogP contribution in [0.25, 0.3) is 0 Å². The van der Waals surface area contributed by atoms with Gasteiger partial charge in [-0.3, -0.25) is 0 Å². The van der Waals surface area contributed by atoms with Crippen molar-refractivity contribution >= 4 is 17.9 Å². The predicted octanol–water partition coefficient (Wildman–Crippen LogP) is -4.36. The largest absolute Gasteiger partial charge is 1.00 e. The molecule has 0 spiro atoms. The SMILES string of the molecule is C=CC(=O)[O-].O=C(O)/C=C\C(=O)O.[Na+]. The number of carboxylic acid groups (broad SMARTS) is 3. The maximum atomic E-state index is 9.55. The molecule has 6 nitrogen and oxygen atoms in total. The molecule has 0 saturated carbocycles. The van der Waals surface area contributed by atoms with E-state index >= 15 is 0 Å². The van der Waals surface area contributed by atoms with Gasteiger partial charge in [-0.2, -0.15) is 0 Å². The van der Waals surface area contributed by atoms with Gasteiger partial charge in [-0.15, -0.1) is 0 Å². The van der Waals surface area contributed by atoms with Crippen LogP contribution in [0.5, 0.6) is 0 Å². The van der Waals surface area contributed by atoms with Crippen LogP contribution >= 0.6 is 0 Å². The third kappa shape index (κ3) is 30.7. The van der Waals surface area contributed by atoms with Gasteiger partial charge in [0, 0.05) is 12.2 Å². The smallest absolute Gasteiger partial charge is 0.545 e. The van der Waals surface area contributed by atoms with Crippen LogP contribution < -0.4 is 34.7 Å². The van der Waals surface area contributed by atoms with Gasteiger partial charge < -0.3 is 20.1 Å². The van der Waals surface area contributed by atoms with Crippen LogP contribution in [-0.4, -0.2) is 28.1 Å². The zero-order valence-corrected chi connectivity index (χ0v) is 9.47. The Morgan fingerprint density at radius 2 is 1.29 bits per heavy atom. The minimum absolute atomic E-state index is 0. The van der Waals surface area contributed by atoms with E-state index in [9.17, 15) is 9.59 Å². The Kier molecular flexibility index (Phi) is 15.8. The van der Waals surface area contributed by atoms with E-state index in [0.29, 0.717) is 12.2 Å². The molecular formula is C7H7NaO6. The van der Waals surface area contributed by atoms with Gasteiger partial charge in [0.15, 0.2) is 0 Å². The number of hydrogen-bond acceptors (Lipinski definition) is 4. The number of carbonyl (C=O) groups is 3. The number of carboxylic acids is 3. The Hall–Kier alpha value is -1.11. The van der Waals surface area contributed by atoms with Gasteiger partial charge in [0.1, 0.15) is 0 Å². The van der Waals surface area contributed by atoms with Crippen LogP contribution in [0.1, 0.15) is 0 Å². The van der Waals surface area contributed by atoms with Crippen molar-refractivity contribution in [2.45, 2.75) is 0 Å². The number of carbonyl (C=O) groups excluding carboxylic acids is 1. The monoisotopic (exact) mass is 210 g/mol. The molecule has 0 fully saturated rings. The third-order valence-corrected chi connectivity index (χ3v) is 0.535. The molecule has 0 bridgehead atoms. The van der Waals surface area contributed by atoms with Crippen molar-refractivity contribution in [1.82, 2.24) is 0 Å². The first kappa shape index (κ1) is 18.6. The van der Waals surface area contributed by atoms with Crippen molar-refractivity contribution < 1.29 is 59.3 Å². The standard InChI is InChI=1S/C4H4O4.C3H4O2.Na/c5-3(6)1-2-4(7)8;1-2-3(4)5;/h1-2H,(H,5,6)(H,7,8);2H,1H2,(H,4,5);/q;;+1/p-1/b2-1-;;. The van der Waals surface area contributed by atoms with Crippen molar-refractivity contribution in [2.24, 2.45) is 0 Å². The van der Waals surface area contributed by atoms with Gasteiger partial charge in [0.25, 0.3) is 0 Å². The minimum atomic E-state index is -1.26. The molecule has 0 amide bonds. The summed E-state index contributed by atoms with van der Waals surface area (Å²) < 4.78 is 0. The van der Waals surface area contributed by atoms with Crippen LogP contribution in [0.4, 0.5) is 0 Å². The normalized spacial score (nSPS) is 7.71. The Labute approximate surface area is 102 Å². The van der Waals surface area contributed by atoms with E-state index in [2.05, 4.69) is 6.58 Å². The molecule has 14 heavy (non-hydrogen) atoms. The summed E-state index contributed by atoms with van der Waals surface area (Å²) >= 11 is 0. The maximum Gasteiger partial charge on any atom is 1.00 e. The van der Waals surface area contributed by atoms with Crippen molar-refractivity contribution in [1.29, 1.82) is 0 Å². The molecule has 0 rings (SSSR count). The minimum Gasteiger partial charge on any atom is -0.545 e. The summed E-state index contributed by atoms with van der Waals surface area (Å²) in [6, 6.07) is 0. The molecule has 7 heteroatoms. The van der Waals surface area contributed by atoms with Crippen molar-refractivity contribution in [3.63, 3.8) is 0 Å². The van der Waals surface area contributed by atoms with E-state index in [1.165, 1.54) is 0 Å². The Morgan fingerprint density at radius 3 is 1.36 bits per heavy atom. The van der Waals surface area contributed by atoms with Crippen molar-refractivity contribution in [3.05, 3.63) is 24.8 Å². The molecule has 0 aromatic carbocycles. The fourth-order valence-corrected chi connectivity index (χ4v) is 0.143. The summed E-state index contributed by atoms with van der Waals surface area (Å²) in [6.45, 7) is 2.90. The second kappa shape index (κ2) is 11.9. The summed E-state index contributed by atoms with van der Waals surface area (Å²) in [5.74, 6) is -3.75. The van der Waals surface area contributed by atoms with Gasteiger partial charge in [-0.25, -0.2) is 9.59 Å². The Bertz CT molecular complexity index is 229. The van der Waals surface area contributed by atoms with Gasteiger partial charge in [-0.05, 0) is 6.08 Å². The molecule has 72 valence electrons. The molecule has 0 aromatic rings. The zero-order valence-electron chi connectivity index (χ0n) is 7.47. The molecule has 0 heterocycles. The van der Waals surface area contributed by atoms with E-state index in [0.717, 1.165) is 6.08 Å². The average Bonchev–Trinajstić information content (AvgIpc) is 2.02. The molecule has 2 N–H and O–H groups in total. The van der Waals surface area contributed by atoms with Crippen molar-refractivity contribution in [3.8, 4) is 0 Å². The molecule has 0 atom stereocenters.